The normalized spacial score (nSPS) is 16.0. The van der Waals surface area contributed by atoms with E-state index < -0.39 is 0 Å². The smallest absolute Gasteiger partial charge is 0.269 e. The van der Waals surface area contributed by atoms with E-state index in [9.17, 15) is 4.79 Å². The van der Waals surface area contributed by atoms with Crippen molar-refractivity contribution in [3.63, 3.8) is 0 Å². The fourth-order valence-corrected chi connectivity index (χ4v) is 2.50. The number of aromatic nitrogens is 1. The molecule has 0 unspecified atom stereocenters. The Labute approximate surface area is 127 Å². The van der Waals surface area contributed by atoms with Crippen LogP contribution in [0, 0.1) is 0 Å². The number of carbonyl (C=O) groups is 1. The first-order valence-electron chi connectivity index (χ1n) is 7.96. The fraction of sp³-hybridized carbons (Fsp3) is 0.625. The molecule has 1 N–H and O–H groups in total. The number of piperazine rings is 1. The summed E-state index contributed by atoms with van der Waals surface area (Å²) in [4.78, 5) is 21.0. The Hall–Kier alpha value is -1.62. The molecule has 0 bridgehead atoms. The van der Waals surface area contributed by atoms with Gasteiger partial charge in [-0.1, -0.05) is 20.3 Å². The maximum atomic E-state index is 11.9. The predicted molar refractivity (Wildman–Crippen MR) is 85.8 cm³/mol. The molecule has 0 radical (unpaired) electrons. The van der Waals surface area contributed by atoms with E-state index >= 15 is 0 Å². The van der Waals surface area contributed by atoms with Crippen molar-refractivity contribution >= 4 is 11.6 Å². The second kappa shape index (κ2) is 7.98. The Bertz CT molecular complexity index is 438. The highest BCUT2D eigenvalue weighted by molar-refractivity contribution is 5.92. The zero-order valence-corrected chi connectivity index (χ0v) is 13.1. The average Bonchev–Trinajstić information content (AvgIpc) is 2.55. The van der Waals surface area contributed by atoms with Gasteiger partial charge in [-0.3, -0.25) is 4.79 Å². The molecule has 5 nitrogen and oxygen atoms in total. The number of hydrogen-bond acceptors (Lipinski definition) is 4. The lowest BCUT2D eigenvalue weighted by atomic mass is 10.2. The molecular weight excluding hydrogens is 264 g/mol. The number of amides is 1. The van der Waals surface area contributed by atoms with E-state index in [1.165, 1.54) is 0 Å². The maximum absolute atomic E-state index is 11.9. The molecule has 0 atom stereocenters. The van der Waals surface area contributed by atoms with E-state index in [0.717, 1.165) is 57.8 Å². The monoisotopic (exact) mass is 290 g/mol. The van der Waals surface area contributed by atoms with Crippen LogP contribution in [-0.4, -0.2) is 55.1 Å². The molecule has 1 aliphatic rings. The molecule has 2 rings (SSSR count). The van der Waals surface area contributed by atoms with Crippen LogP contribution >= 0.6 is 0 Å². The van der Waals surface area contributed by atoms with Crippen molar-refractivity contribution < 1.29 is 4.79 Å². The SMILES string of the molecule is CCCCNC(=O)c1ccc(N2CCN(CC)CC2)cn1. The molecule has 0 saturated carbocycles. The topological polar surface area (TPSA) is 48.5 Å². The van der Waals surface area contributed by atoms with Gasteiger partial charge in [-0.25, -0.2) is 4.98 Å². The molecule has 1 saturated heterocycles. The molecule has 0 aromatic carbocycles. The Morgan fingerprint density at radius 3 is 2.57 bits per heavy atom. The number of carbonyl (C=O) groups excluding carboxylic acids is 1. The molecule has 0 aliphatic carbocycles. The van der Waals surface area contributed by atoms with Gasteiger partial charge >= 0.3 is 0 Å². The number of unbranched alkanes of at least 4 members (excludes halogenated alkanes) is 1. The van der Waals surface area contributed by atoms with Crippen molar-refractivity contribution in [1.29, 1.82) is 0 Å². The van der Waals surface area contributed by atoms with Gasteiger partial charge in [0.2, 0.25) is 0 Å². The van der Waals surface area contributed by atoms with Crippen LogP contribution in [0.3, 0.4) is 0 Å². The van der Waals surface area contributed by atoms with Gasteiger partial charge in [0.15, 0.2) is 0 Å². The summed E-state index contributed by atoms with van der Waals surface area (Å²) < 4.78 is 0. The highest BCUT2D eigenvalue weighted by Crippen LogP contribution is 2.15. The largest absolute Gasteiger partial charge is 0.368 e. The van der Waals surface area contributed by atoms with Crippen LogP contribution in [0.15, 0.2) is 18.3 Å². The summed E-state index contributed by atoms with van der Waals surface area (Å²) in [6, 6.07) is 3.83. The van der Waals surface area contributed by atoms with Crippen LogP contribution in [0.5, 0.6) is 0 Å². The number of pyridine rings is 1. The van der Waals surface area contributed by atoms with Crippen molar-refractivity contribution in [2.75, 3.05) is 44.2 Å². The minimum atomic E-state index is -0.0780. The van der Waals surface area contributed by atoms with E-state index in [2.05, 4.69) is 33.9 Å². The van der Waals surface area contributed by atoms with Crippen molar-refractivity contribution in [3.05, 3.63) is 24.0 Å². The third-order valence-corrected chi connectivity index (χ3v) is 3.98. The number of hydrogen-bond donors (Lipinski definition) is 1. The second-order valence-electron chi connectivity index (χ2n) is 5.43. The van der Waals surface area contributed by atoms with Gasteiger partial charge in [0.25, 0.3) is 5.91 Å². The molecule has 1 aromatic heterocycles. The lowest BCUT2D eigenvalue weighted by Crippen LogP contribution is -2.46. The van der Waals surface area contributed by atoms with E-state index in [1.54, 1.807) is 0 Å². The Balaban J connectivity index is 1.88. The minimum absolute atomic E-state index is 0.0780. The van der Waals surface area contributed by atoms with Crippen molar-refractivity contribution in [2.45, 2.75) is 26.7 Å². The van der Waals surface area contributed by atoms with E-state index in [4.69, 9.17) is 0 Å². The molecule has 116 valence electrons. The summed E-state index contributed by atoms with van der Waals surface area (Å²) in [5.74, 6) is -0.0780. The van der Waals surface area contributed by atoms with E-state index in [0.29, 0.717) is 5.69 Å². The lowest BCUT2D eigenvalue weighted by Gasteiger charge is -2.35. The van der Waals surface area contributed by atoms with E-state index in [-0.39, 0.29) is 5.91 Å². The van der Waals surface area contributed by atoms with Crippen molar-refractivity contribution in [2.24, 2.45) is 0 Å². The first-order valence-corrected chi connectivity index (χ1v) is 7.96. The van der Waals surface area contributed by atoms with Gasteiger partial charge in [-0.15, -0.1) is 0 Å². The van der Waals surface area contributed by atoms with Crippen molar-refractivity contribution in [3.8, 4) is 0 Å². The van der Waals surface area contributed by atoms with Gasteiger partial charge in [0, 0.05) is 32.7 Å². The summed E-state index contributed by atoms with van der Waals surface area (Å²) in [6.45, 7) is 10.4. The zero-order valence-electron chi connectivity index (χ0n) is 13.1. The predicted octanol–water partition coefficient (Wildman–Crippen LogP) is 1.75. The molecular formula is C16H26N4O. The summed E-state index contributed by atoms with van der Waals surface area (Å²) >= 11 is 0. The van der Waals surface area contributed by atoms with Crippen molar-refractivity contribution in [1.82, 2.24) is 15.2 Å². The molecule has 5 heteroatoms. The van der Waals surface area contributed by atoms with Gasteiger partial charge in [-0.05, 0) is 25.1 Å². The molecule has 1 fully saturated rings. The second-order valence-corrected chi connectivity index (χ2v) is 5.43. The quantitative estimate of drug-likeness (QED) is 0.811. The standard InChI is InChI=1S/C16H26N4O/c1-3-5-8-17-16(21)15-7-6-14(13-18-15)20-11-9-19(4-2)10-12-20/h6-7,13H,3-5,8-12H2,1-2H3,(H,17,21). The Morgan fingerprint density at radius 1 is 1.24 bits per heavy atom. The van der Waals surface area contributed by atoms with Crippen LogP contribution in [-0.2, 0) is 0 Å². The van der Waals surface area contributed by atoms with Gasteiger partial charge < -0.3 is 15.1 Å². The maximum Gasteiger partial charge on any atom is 0.269 e. The summed E-state index contributed by atoms with van der Waals surface area (Å²) in [5, 5.41) is 2.89. The van der Waals surface area contributed by atoms with Crippen LogP contribution in [0.1, 0.15) is 37.2 Å². The van der Waals surface area contributed by atoms with Gasteiger partial charge in [0.05, 0.1) is 11.9 Å². The number of rotatable bonds is 6. The zero-order chi connectivity index (χ0) is 15.1. The summed E-state index contributed by atoms with van der Waals surface area (Å²) in [7, 11) is 0. The molecule has 0 spiro atoms. The fourth-order valence-electron chi connectivity index (χ4n) is 2.50. The molecule has 2 heterocycles. The third kappa shape index (κ3) is 4.43. The number of nitrogens with zero attached hydrogens (tertiary/aromatic N) is 3. The summed E-state index contributed by atoms with van der Waals surface area (Å²) in [6.07, 6.45) is 3.90. The lowest BCUT2D eigenvalue weighted by molar-refractivity contribution is 0.0948. The van der Waals surface area contributed by atoms with Crippen LogP contribution < -0.4 is 10.2 Å². The molecule has 21 heavy (non-hydrogen) atoms. The molecule has 1 amide bonds. The number of likely N-dealkylation sites (N-methyl/N-ethyl adjacent to an activating group) is 1. The van der Waals surface area contributed by atoms with Gasteiger partial charge in [0.1, 0.15) is 5.69 Å². The summed E-state index contributed by atoms with van der Waals surface area (Å²) in [5.41, 5.74) is 1.61. The highest BCUT2D eigenvalue weighted by atomic mass is 16.1. The number of anilines is 1. The molecule has 1 aliphatic heterocycles. The first-order chi connectivity index (χ1) is 10.2. The molecule has 1 aromatic rings. The van der Waals surface area contributed by atoms with Crippen LogP contribution in [0.25, 0.3) is 0 Å². The van der Waals surface area contributed by atoms with Crippen LogP contribution in [0.4, 0.5) is 5.69 Å². The Morgan fingerprint density at radius 2 is 2.00 bits per heavy atom. The highest BCUT2D eigenvalue weighted by Gasteiger charge is 2.16. The average molecular weight is 290 g/mol. The number of nitrogens with one attached hydrogen (secondary N) is 1. The van der Waals surface area contributed by atoms with Crippen LogP contribution in [0.2, 0.25) is 0 Å². The first kappa shape index (κ1) is 15.8. The Kier molecular flexibility index (Phi) is 5.99. The van der Waals surface area contributed by atoms with Gasteiger partial charge in [-0.2, -0.15) is 0 Å². The van der Waals surface area contributed by atoms with E-state index in [1.807, 2.05) is 18.3 Å². The third-order valence-electron chi connectivity index (χ3n) is 3.98. The minimum Gasteiger partial charge on any atom is -0.368 e.